The van der Waals surface area contributed by atoms with E-state index in [4.69, 9.17) is 0 Å². The van der Waals surface area contributed by atoms with Crippen molar-refractivity contribution in [2.75, 3.05) is 11.5 Å². The van der Waals surface area contributed by atoms with Gasteiger partial charge in [-0.25, -0.2) is 0 Å². The second kappa shape index (κ2) is 7.32. The summed E-state index contributed by atoms with van der Waals surface area (Å²) in [5, 5.41) is 4.19. The van der Waals surface area contributed by atoms with Crippen molar-refractivity contribution in [2.24, 2.45) is 0 Å². The van der Waals surface area contributed by atoms with Crippen molar-refractivity contribution >= 4 is 23.5 Å². The van der Waals surface area contributed by atoms with Gasteiger partial charge in [-0.1, -0.05) is 36.5 Å². The van der Waals surface area contributed by atoms with E-state index in [1.165, 1.54) is 0 Å². The van der Waals surface area contributed by atoms with Gasteiger partial charge in [0, 0.05) is 11.5 Å². The van der Waals surface area contributed by atoms with E-state index >= 15 is 0 Å². The zero-order chi connectivity index (χ0) is 8.49. The van der Waals surface area contributed by atoms with E-state index in [0.717, 1.165) is 11.5 Å². The third-order valence-electron chi connectivity index (χ3n) is 1.23. The molecule has 0 aromatic carbocycles. The maximum absolute atomic E-state index is 2.14. The van der Waals surface area contributed by atoms with Gasteiger partial charge >= 0.3 is 0 Å². The topological polar surface area (TPSA) is 0 Å². The molecule has 0 bridgehead atoms. The number of thioether (sulfide) groups is 2. The highest BCUT2D eigenvalue weighted by atomic mass is 32.2. The molecule has 0 spiro atoms. The normalized spacial score (nSPS) is 18.7. The molecule has 0 N–H and O–H groups in total. The lowest BCUT2D eigenvalue weighted by Crippen LogP contribution is -1.67. The van der Waals surface area contributed by atoms with Crippen LogP contribution >= 0.6 is 23.5 Å². The molecule has 0 aromatic rings. The molecule has 2 aliphatic heterocycles. The molecule has 0 amide bonds. The van der Waals surface area contributed by atoms with Crippen LogP contribution in [0.5, 0.6) is 0 Å². The van der Waals surface area contributed by atoms with Crippen molar-refractivity contribution in [1.82, 2.24) is 0 Å². The van der Waals surface area contributed by atoms with Crippen LogP contribution in [-0.4, -0.2) is 11.5 Å². The Balaban J connectivity index is 0.000000120. The van der Waals surface area contributed by atoms with Gasteiger partial charge in [0.25, 0.3) is 0 Å². The zero-order valence-electron chi connectivity index (χ0n) is 6.85. The Morgan fingerprint density at radius 2 is 1.17 bits per heavy atom. The Morgan fingerprint density at radius 3 is 1.25 bits per heavy atom. The van der Waals surface area contributed by atoms with E-state index in [2.05, 4.69) is 35.1 Å². The summed E-state index contributed by atoms with van der Waals surface area (Å²) in [5.41, 5.74) is 0. The van der Waals surface area contributed by atoms with Crippen LogP contribution in [0.4, 0.5) is 0 Å². The van der Waals surface area contributed by atoms with Crippen LogP contribution in [0.25, 0.3) is 0 Å². The van der Waals surface area contributed by atoms with Gasteiger partial charge in [-0.3, -0.25) is 0 Å². The van der Waals surface area contributed by atoms with Gasteiger partial charge in [0.1, 0.15) is 0 Å². The average molecular weight is 196 g/mol. The summed E-state index contributed by atoms with van der Waals surface area (Å²) >= 11 is 3.66. The Hall–Kier alpha value is -0.340. The molecule has 0 saturated heterocycles. The molecule has 2 heterocycles. The predicted molar refractivity (Wildman–Crippen MR) is 61.5 cm³/mol. The molecule has 2 heteroatoms. The predicted octanol–water partition coefficient (Wildman–Crippen LogP) is 3.61. The third kappa shape index (κ3) is 5.33. The molecule has 0 aliphatic carbocycles. The van der Waals surface area contributed by atoms with Gasteiger partial charge in [-0.2, -0.15) is 0 Å². The van der Waals surface area contributed by atoms with Crippen LogP contribution in [0.3, 0.4) is 0 Å². The van der Waals surface area contributed by atoms with Crippen LogP contribution in [0.15, 0.2) is 47.3 Å². The standard InChI is InChI=1S/2C5H6S/c2*1-2-4-6-5-3-1/h2*1-4H,5H2. The lowest BCUT2D eigenvalue weighted by atomic mass is 10.5. The van der Waals surface area contributed by atoms with Crippen LogP contribution in [0.1, 0.15) is 0 Å². The Bertz CT molecular complexity index is 164. The van der Waals surface area contributed by atoms with Crippen molar-refractivity contribution in [3.63, 3.8) is 0 Å². The zero-order valence-corrected chi connectivity index (χ0v) is 8.48. The molecule has 0 aromatic heterocycles. The fourth-order valence-electron chi connectivity index (χ4n) is 0.692. The van der Waals surface area contributed by atoms with Gasteiger partial charge < -0.3 is 0 Å². The Kier molecular flexibility index (Phi) is 5.94. The SMILES string of the molecule is C1=CCSC=C1.C1=CCSC=C1. The van der Waals surface area contributed by atoms with Crippen molar-refractivity contribution < 1.29 is 0 Å². The average Bonchev–Trinajstić information content (AvgIpc) is 2.24. The largest absolute Gasteiger partial charge is 0.130 e. The van der Waals surface area contributed by atoms with Crippen molar-refractivity contribution in [1.29, 1.82) is 0 Å². The van der Waals surface area contributed by atoms with E-state index in [1.807, 2.05) is 35.7 Å². The minimum Gasteiger partial charge on any atom is -0.130 e. The molecule has 0 atom stereocenters. The summed E-state index contributed by atoms with van der Waals surface area (Å²) in [6, 6.07) is 0. The molecule has 0 fully saturated rings. The highest BCUT2D eigenvalue weighted by Crippen LogP contribution is 2.06. The second-order valence-corrected chi connectivity index (χ2v) is 4.06. The summed E-state index contributed by atoms with van der Waals surface area (Å²) < 4.78 is 0. The van der Waals surface area contributed by atoms with Gasteiger partial charge in [0.15, 0.2) is 0 Å². The summed E-state index contributed by atoms with van der Waals surface area (Å²) in [6.45, 7) is 0. The van der Waals surface area contributed by atoms with Crippen molar-refractivity contribution in [3.05, 3.63) is 47.3 Å². The maximum atomic E-state index is 2.14. The van der Waals surface area contributed by atoms with Crippen molar-refractivity contribution in [2.45, 2.75) is 0 Å². The molecule has 0 nitrogen and oxygen atoms in total. The maximum Gasteiger partial charge on any atom is 0.0157 e. The summed E-state index contributed by atoms with van der Waals surface area (Å²) in [4.78, 5) is 0. The van der Waals surface area contributed by atoms with Crippen LogP contribution in [0, 0.1) is 0 Å². The second-order valence-electron chi connectivity index (χ2n) is 2.18. The molecule has 2 rings (SSSR count). The van der Waals surface area contributed by atoms with E-state index in [-0.39, 0.29) is 0 Å². The molecular weight excluding hydrogens is 184 g/mol. The van der Waals surface area contributed by atoms with Gasteiger partial charge in [0.2, 0.25) is 0 Å². The summed E-state index contributed by atoms with van der Waals surface area (Å²) in [7, 11) is 0. The van der Waals surface area contributed by atoms with Crippen LogP contribution < -0.4 is 0 Å². The third-order valence-corrected chi connectivity index (χ3v) is 2.70. The molecule has 0 saturated carbocycles. The molecule has 2 aliphatic rings. The summed E-state index contributed by atoms with van der Waals surface area (Å²) in [5.74, 6) is 2.30. The number of allylic oxidation sites excluding steroid dienone is 4. The smallest absolute Gasteiger partial charge is 0.0157 e. The van der Waals surface area contributed by atoms with Crippen LogP contribution in [0.2, 0.25) is 0 Å². The van der Waals surface area contributed by atoms with Crippen molar-refractivity contribution in [3.8, 4) is 0 Å². The number of rotatable bonds is 0. The van der Waals surface area contributed by atoms with Gasteiger partial charge in [-0.05, 0) is 10.8 Å². The fourth-order valence-corrected chi connectivity index (χ4v) is 1.76. The molecule has 64 valence electrons. The Labute approximate surface area is 82.5 Å². The molecule has 12 heavy (non-hydrogen) atoms. The minimum absolute atomic E-state index is 1.15. The van der Waals surface area contributed by atoms with E-state index in [0.29, 0.717) is 0 Å². The first-order valence-corrected chi connectivity index (χ1v) is 5.96. The van der Waals surface area contributed by atoms with E-state index < -0.39 is 0 Å². The quantitative estimate of drug-likeness (QED) is 0.580. The Morgan fingerprint density at radius 1 is 0.667 bits per heavy atom. The molecular formula is C10H12S2. The van der Waals surface area contributed by atoms with E-state index in [1.54, 1.807) is 0 Å². The van der Waals surface area contributed by atoms with Gasteiger partial charge in [0.05, 0.1) is 0 Å². The lowest BCUT2D eigenvalue weighted by molar-refractivity contribution is 1.74. The number of hydrogen-bond acceptors (Lipinski definition) is 2. The highest BCUT2D eigenvalue weighted by Gasteiger charge is 1.78. The van der Waals surface area contributed by atoms with Gasteiger partial charge in [-0.15, -0.1) is 23.5 Å². The highest BCUT2D eigenvalue weighted by molar-refractivity contribution is 8.02. The minimum atomic E-state index is 1.15. The molecule has 0 unspecified atom stereocenters. The first-order chi connectivity index (χ1) is 6.00. The van der Waals surface area contributed by atoms with Crippen LogP contribution in [-0.2, 0) is 0 Å². The molecule has 0 radical (unpaired) electrons. The lowest BCUT2D eigenvalue weighted by Gasteiger charge is -1.88. The summed E-state index contributed by atoms with van der Waals surface area (Å²) in [6.07, 6.45) is 12.5. The number of hydrogen-bond donors (Lipinski definition) is 0. The monoisotopic (exact) mass is 196 g/mol. The van der Waals surface area contributed by atoms with E-state index in [9.17, 15) is 0 Å². The first kappa shape index (κ1) is 9.75. The fraction of sp³-hybridized carbons (Fsp3) is 0.200. The first-order valence-electron chi connectivity index (χ1n) is 3.87.